The van der Waals surface area contributed by atoms with Gasteiger partial charge in [-0.3, -0.25) is 4.79 Å². The minimum Gasteiger partial charge on any atom is -0.375 e. The summed E-state index contributed by atoms with van der Waals surface area (Å²) in [4.78, 5) is 22.6. The molecule has 1 aromatic carbocycles. The molecule has 7 heteroatoms. The van der Waals surface area contributed by atoms with E-state index in [9.17, 15) is 4.79 Å². The summed E-state index contributed by atoms with van der Waals surface area (Å²) in [6.07, 6.45) is 8.92. The smallest absolute Gasteiger partial charge is 0.250 e. The van der Waals surface area contributed by atoms with Crippen molar-refractivity contribution in [3.05, 3.63) is 60.7 Å². The summed E-state index contributed by atoms with van der Waals surface area (Å²) in [6.45, 7) is 0. The Morgan fingerprint density at radius 1 is 1.12 bits per heavy atom. The molecule has 0 spiro atoms. The number of benzene rings is 1. The minimum atomic E-state index is -0.0237. The maximum Gasteiger partial charge on any atom is 0.250 e. The lowest BCUT2D eigenvalue weighted by molar-refractivity contribution is -0.116. The second kappa shape index (κ2) is 8.24. The third-order valence-electron chi connectivity index (χ3n) is 3.92. The van der Waals surface area contributed by atoms with Crippen molar-refractivity contribution in [2.75, 3.05) is 24.3 Å². The Bertz CT molecular complexity index is 842. The van der Waals surface area contributed by atoms with E-state index in [1.54, 1.807) is 29.5 Å². The number of aromatic nitrogens is 4. The monoisotopic (exact) mass is 350 g/mol. The van der Waals surface area contributed by atoms with Gasteiger partial charge in [0.2, 0.25) is 5.91 Å². The van der Waals surface area contributed by atoms with Gasteiger partial charge in [-0.1, -0.05) is 30.3 Å². The van der Waals surface area contributed by atoms with Crippen LogP contribution in [0, 0.1) is 0 Å². The van der Waals surface area contributed by atoms with Gasteiger partial charge >= 0.3 is 0 Å². The predicted molar refractivity (Wildman–Crippen MR) is 101 cm³/mol. The summed E-state index contributed by atoms with van der Waals surface area (Å²) < 4.78 is 1.54. The summed E-state index contributed by atoms with van der Waals surface area (Å²) in [7, 11) is 3.86. The molecule has 0 fully saturated rings. The van der Waals surface area contributed by atoms with Crippen LogP contribution in [0.2, 0.25) is 0 Å². The van der Waals surface area contributed by atoms with E-state index in [4.69, 9.17) is 0 Å². The molecule has 134 valence electrons. The Kier molecular flexibility index (Phi) is 5.58. The Morgan fingerprint density at radius 3 is 2.54 bits per heavy atom. The predicted octanol–water partition coefficient (Wildman–Crippen LogP) is 2.69. The van der Waals surface area contributed by atoms with Crippen LogP contribution in [0.15, 0.2) is 55.1 Å². The largest absolute Gasteiger partial charge is 0.375 e. The van der Waals surface area contributed by atoms with E-state index in [0.717, 1.165) is 18.5 Å². The van der Waals surface area contributed by atoms with Crippen molar-refractivity contribution in [3.63, 3.8) is 0 Å². The molecule has 3 rings (SSSR count). The SMILES string of the molecule is CN(C)c1cnc(-n2cc(NC(=O)CCCc3ccccc3)cn2)nc1. The highest BCUT2D eigenvalue weighted by Gasteiger charge is 2.07. The van der Waals surface area contributed by atoms with Crippen LogP contribution >= 0.6 is 0 Å². The molecule has 7 nitrogen and oxygen atoms in total. The van der Waals surface area contributed by atoms with Crippen LogP contribution in [0.1, 0.15) is 18.4 Å². The quantitative estimate of drug-likeness (QED) is 0.709. The van der Waals surface area contributed by atoms with Crippen LogP contribution in [-0.4, -0.2) is 39.8 Å². The topological polar surface area (TPSA) is 75.9 Å². The lowest BCUT2D eigenvalue weighted by atomic mass is 10.1. The maximum atomic E-state index is 12.1. The summed E-state index contributed by atoms with van der Waals surface area (Å²) in [5.41, 5.74) is 2.79. The van der Waals surface area contributed by atoms with Crippen molar-refractivity contribution < 1.29 is 4.79 Å². The maximum absolute atomic E-state index is 12.1. The summed E-state index contributed by atoms with van der Waals surface area (Å²) in [5, 5.41) is 7.07. The lowest BCUT2D eigenvalue weighted by Crippen LogP contribution is -2.11. The van der Waals surface area contributed by atoms with Gasteiger partial charge < -0.3 is 10.2 Å². The van der Waals surface area contributed by atoms with E-state index >= 15 is 0 Å². The zero-order valence-electron chi connectivity index (χ0n) is 15.0. The number of nitrogens with zero attached hydrogens (tertiary/aromatic N) is 5. The molecule has 0 aliphatic carbocycles. The van der Waals surface area contributed by atoms with Gasteiger partial charge in [0.05, 0.1) is 36.2 Å². The number of amides is 1. The van der Waals surface area contributed by atoms with Gasteiger partial charge in [-0.15, -0.1) is 0 Å². The van der Waals surface area contributed by atoms with Gasteiger partial charge in [-0.2, -0.15) is 5.10 Å². The summed E-state index contributed by atoms with van der Waals surface area (Å²) in [6, 6.07) is 10.2. The van der Waals surface area contributed by atoms with Crippen LogP contribution in [0.4, 0.5) is 11.4 Å². The fraction of sp³-hybridized carbons (Fsp3) is 0.263. The zero-order valence-corrected chi connectivity index (χ0v) is 15.0. The molecular weight excluding hydrogens is 328 g/mol. The highest BCUT2D eigenvalue weighted by Crippen LogP contribution is 2.12. The van der Waals surface area contributed by atoms with E-state index < -0.39 is 0 Å². The van der Waals surface area contributed by atoms with E-state index in [0.29, 0.717) is 18.1 Å². The molecule has 1 amide bonds. The Balaban J connectivity index is 1.52. The number of hydrogen-bond donors (Lipinski definition) is 1. The summed E-state index contributed by atoms with van der Waals surface area (Å²) >= 11 is 0. The van der Waals surface area contributed by atoms with Crippen molar-refractivity contribution in [1.82, 2.24) is 19.7 Å². The van der Waals surface area contributed by atoms with Crippen molar-refractivity contribution >= 4 is 17.3 Å². The van der Waals surface area contributed by atoms with Gasteiger partial charge in [-0.05, 0) is 18.4 Å². The second-order valence-corrected chi connectivity index (χ2v) is 6.20. The number of rotatable bonds is 7. The van der Waals surface area contributed by atoms with Crippen LogP contribution in [0.5, 0.6) is 0 Å². The number of aryl methyl sites for hydroxylation is 1. The van der Waals surface area contributed by atoms with Gasteiger partial charge in [0.15, 0.2) is 0 Å². The second-order valence-electron chi connectivity index (χ2n) is 6.20. The molecule has 0 saturated heterocycles. The van der Waals surface area contributed by atoms with Crippen molar-refractivity contribution in [3.8, 4) is 5.95 Å². The van der Waals surface area contributed by atoms with Crippen molar-refractivity contribution in [2.24, 2.45) is 0 Å². The van der Waals surface area contributed by atoms with Crippen molar-refractivity contribution in [2.45, 2.75) is 19.3 Å². The minimum absolute atomic E-state index is 0.0237. The molecule has 0 aliphatic rings. The average molecular weight is 350 g/mol. The van der Waals surface area contributed by atoms with Crippen LogP contribution in [-0.2, 0) is 11.2 Å². The fourth-order valence-electron chi connectivity index (χ4n) is 2.48. The number of carbonyl (C=O) groups is 1. The van der Waals surface area contributed by atoms with Gasteiger partial charge in [0.25, 0.3) is 5.95 Å². The van der Waals surface area contributed by atoms with E-state index in [1.165, 1.54) is 5.56 Å². The number of anilines is 2. The molecule has 0 saturated carbocycles. The first kappa shape index (κ1) is 17.6. The third kappa shape index (κ3) is 4.66. The van der Waals surface area contributed by atoms with E-state index in [1.807, 2.05) is 37.2 Å². The first-order valence-electron chi connectivity index (χ1n) is 8.50. The Labute approximate surface area is 152 Å². The number of carbonyl (C=O) groups excluding carboxylic acids is 1. The number of nitrogens with one attached hydrogen (secondary N) is 1. The molecule has 0 atom stereocenters. The van der Waals surface area contributed by atoms with Crippen LogP contribution in [0.25, 0.3) is 5.95 Å². The lowest BCUT2D eigenvalue weighted by Gasteiger charge is -2.10. The van der Waals surface area contributed by atoms with Gasteiger partial charge in [-0.25, -0.2) is 14.6 Å². The first-order chi connectivity index (χ1) is 12.6. The molecule has 0 unspecified atom stereocenters. The highest BCUT2D eigenvalue weighted by molar-refractivity contribution is 5.90. The van der Waals surface area contributed by atoms with Crippen LogP contribution in [0.3, 0.4) is 0 Å². The fourth-order valence-corrected chi connectivity index (χ4v) is 2.48. The molecule has 2 heterocycles. The molecule has 1 N–H and O–H groups in total. The zero-order chi connectivity index (χ0) is 18.4. The average Bonchev–Trinajstić information content (AvgIpc) is 3.11. The molecule has 0 radical (unpaired) electrons. The van der Waals surface area contributed by atoms with Crippen molar-refractivity contribution in [1.29, 1.82) is 0 Å². The number of hydrogen-bond acceptors (Lipinski definition) is 5. The Hall–Kier alpha value is -3.22. The van der Waals surface area contributed by atoms with E-state index in [-0.39, 0.29) is 5.91 Å². The first-order valence-corrected chi connectivity index (χ1v) is 8.50. The van der Waals surface area contributed by atoms with Gasteiger partial charge in [0.1, 0.15) is 0 Å². The molecule has 0 aliphatic heterocycles. The molecule has 26 heavy (non-hydrogen) atoms. The normalized spacial score (nSPS) is 10.5. The summed E-state index contributed by atoms with van der Waals surface area (Å²) in [5.74, 6) is 0.435. The molecule has 0 bridgehead atoms. The molecular formula is C19H22N6O. The third-order valence-corrected chi connectivity index (χ3v) is 3.92. The Morgan fingerprint density at radius 2 is 1.85 bits per heavy atom. The van der Waals surface area contributed by atoms with Crippen LogP contribution < -0.4 is 10.2 Å². The standard InChI is InChI=1S/C19H22N6O/c1-24(2)17-12-20-19(21-13-17)25-14-16(11-22-25)23-18(26)10-6-9-15-7-4-3-5-8-15/h3-5,7-8,11-14H,6,9-10H2,1-2H3,(H,23,26). The van der Waals surface area contributed by atoms with Gasteiger partial charge in [0, 0.05) is 20.5 Å². The highest BCUT2D eigenvalue weighted by atomic mass is 16.1. The molecule has 3 aromatic rings. The molecule has 2 aromatic heterocycles. The van der Waals surface area contributed by atoms with E-state index in [2.05, 4.69) is 32.5 Å².